The fourth-order valence-corrected chi connectivity index (χ4v) is 2.36. The van der Waals surface area contributed by atoms with Gasteiger partial charge < -0.3 is 15.1 Å². The highest BCUT2D eigenvalue weighted by Crippen LogP contribution is 2.22. The first-order chi connectivity index (χ1) is 11.1. The molecule has 0 spiro atoms. The van der Waals surface area contributed by atoms with Gasteiger partial charge in [-0.15, -0.1) is 13.2 Å². The summed E-state index contributed by atoms with van der Waals surface area (Å²) in [6, 6.07) is 16.8. The summed E-state index contributed by atoms with van der Waals surface area (Å²) in [5.41, 5.74) is 4.51. The van der Waals surface area contributed by atoms with Crippen LogP contribution in [0.25, 0.3) is 0 Å². The summed E-state index contributed by atoms with van der Waals surface area (Å²) >= 11 is 0. The Morgan fingerprint density at radius 2 is 1.09 bits per heavy atom. The van der Waals surface area contributed by atoms with Gasteiger partial charge in [0, 0.05) is 49.9 Å². The third-order valence-electron chi connectivity index (χ3n) is 3.71. The number of rotatable bonds is 8. The van der Waals surface area contributed by atoms with Gasteiger partial charge in [0.2, 0.25) is 0 Å². The molecule has 3 heteroatoms. The van der Waals surface area contributed by atoms with E-state index in [4.69, 9.17) is 0 Å². The largest absolute Gasteiger partial charge is 0.371 e. The maximum Gasteiger partial charge on any atom is 0.0385 e. The highest BCUT2D eigenvalue weighted by molar-refractivity contribution is 5.65. The van der Waals surface area contributed by atoms with E-state index in [9.17, 15) is 0 Å². The molecule has 2 rings (SSSR count). The molecule has 0 aliphatic heterocycles. The van der Waals surface area contributed by atoms with Gasteiger partial charge >= 0.3 is 0 Å². The van der Waals surface area contributed by atoms with Crippen LogP contribution in [-0.4, -0.2) is 27.2 Å². The molecule has 0 heterocycles. The Balaban J connectivity index is 2.01. The van der Waals surface area contributed by atoms with Crippen molar-refractivity contribution in [2.24, 2.45) is 0 Å². The van der Waals surface area contributed by atoms with Gasteiger partial charge in [0.05, 0.1) is 0 Å². The van der Waals surface area contributed by atoms with Crippen LogP contribution < -0.4 is 15.1 Å². The summed E-state index contributed by atoms with van der Waals surface area (Å²) in [5, 5.41) is 3.42. The van der Waals surface area contributed by atoms with Gasteiger partial charge in [-0.1, -0.05) is 12.2 Å². The molecule has 1 N–H and O–H groups in total. The van der Waals surface area contributed by atoms with Crippen LogP contribution in [0.5, 0.6) is 0 Å². The summed E-state index contributed by atoms with van der Waals surface area (Å²) < 4.78 is 0. The second kappa shape index (κ2) is 8.08. The van der Waals surface area contributed by atoms with E-state index >= 15 is 0 Å². The Morgan fingerprint density at radius 1 is 0.739 bits per heavy atom. The quantitative estimate of drug-likeness (QED) is 0.715. The maximum absolute atomic E-state index is 3.77. The average molecular weight is 307 g/mol. The van der Waals surface area contributed by atoms with Crippen molar-refractivity contribution in [2.45, 2.75) is 0 Å². The molecule has 120 valence electrons. The van der Waals surface area contributed by atoms with Gasteiger partial charge in [-0.05, 0) is 48.5 Å². The second-order valence-electron chi connectivity index (χ2n) is 5.56. The molecular formula is C20H25N3. The molecule has 0 bridgehead atoms. The van der Waals surface area contributed by atoms with Gasteiger partial charge in [0.1, 0.15) is 0 Å². The Kier molecular flexibility index (Phi) is 5.87. The van der Waals surface area contributed by atoms with Crippen molar-refractivity contribution in [2.75, 3.05) is 42.3 Å². The number of anilines is 4. The lowest BCUT2D eigenvalue weighted by atomic mass is 10.2. The van der Waals surface area contributed by atoms with Gasteiger partial charge in [-0.2, -0.15) is 0 Å². The fourth-order valence-electron chi connectivity index (χ4n) is 2.36. The van der Waals surface area contributed by atoms with Crippen molar-refractivity contribution in [1.29, 1.82) is 0 Å². The fraction of sp³-hybridized carbons (Fsp3) is 0.200. The van der Waals surface area contributed by atoms with Crippen LogP contribution >= 0.6 is 0 Å². The Hall–Kier alpha value is -2.68. The maximum atomic E-state index is 3.77. The summed E-state index contributed by atoms with van der Waals surface area (Å²) in [6.45, 7) is 9.21. The number of benzene rings is 2. The van der Waals surface area contributed by atoms with Crippen LogP contribution in [0, 0.1) is 0 Å². The van der Waals surface area contributed by atoms with Gasteiger partial charge in [0.15, 0.2) is 0 Å². The van der Waals surface area contributed by atoms with Crippen LogP contribution in [0.1, 0.15) is 0 Å². The molecule has 0 radical (unpaired) electrons. The lowest BCUT2D eigenvalue weighted by molar-refractivity contribution is 1.03. The van der Waals surface area contributed by atoms with Crippen molar-refractivity contribution in [3.63, 3.8) is 0 Å². The molecule has 0 unspecified atom stereocenters. The van der Waals surface area contributed by atoms with E-state index in [0.29, 0.717) is 0 Å². The Morgan fingerprint density at radius 3 is 1.39 bits per heavy atom. The zero-order chi connectivity index (χ0) is 16.7. The standard InChI is InChI=1S/C20H25N3/c1-5-15-22(3)19-11-7-17(8-12-19)21-18-9-13-20(14-10-18)23(4)16-6-2/h5-14,21H,1-2,15-16H2,3-4H3. The molecule has 0 aromatic heterocycles. The van der Waals surface area contributed by atoms with Crippen LogP contribution in [0.2, 0.25) is 0 Å². The molecule has 3 nitrogen and oxygen atoms in total. The van der Waals surface area contributed by atoms with E-state index < -0.39 is 0 Å². The minimum Gasteiger partial charge on any atom is -0.371 e. The summed E-state index contributed by atoms with van der Waals surface area (Å²) in [4.78, 5) is 4.31. The molecule has 2 aromatic rings. The smallest absolute Gasteiger partial charge is 0.0385 e. The molecule has 2 aromatic carbocycles. The lowest BCUT2D eigenvalue weighted by Gasteiger charge is -2.18. The topological polar surface area (TPSA) is 18.5 Å². The van der Waals surface area contributed by atoms with E-state index in [2.05, 4.69) is 90.9 Å². The first kappa shape index (κ1) is 16.7. The van der Waals surface area contributed by atoms with E-state index in [-0.39, 0.29) is 0 Å². The predicted molar refractivity (Wildman–Crippen MR) is 103 cm³/mol. The van der Waals surface area contributed by atoms with Crippen molar-refractivity contribution in [3.8, 4) is 0 Å². The Bertz CT molecular complexity index is 571. The van der Waals surface area contributed by atoms with Crippen molar-refractivity contribution in [3.05, 3.63) is 73.8 Å². The highest BCUT2D eigenvalue weighted by Gasteiger charge is 2.01. The number of hydrogen-bond donors (Lipinski definition) is 1. The van der Waals surface area contributed by atoms with Gasteiger partial charge in [0.25, 0.3) is 0 Å². The van der Waals surface area contributed by atoms with E-state index in [1.54, 1.807) is 0 Å². The van der Waals surface area contributed by atoms with Crippen molar-refractivity contribution < 1.29 is 0 Å². The summed E-state index contributed by atoms with van der Waals surface area (Å²) in [5.74, 6) is 0. The first-order valence-electron chi connectivity index (χ1n) is 7.75. The van der Waals surface area contributed by atoms with Crippen molar-refractivity contribution >= 4 is 22.7 Å². The van der Waals surface area contributed by atoms with Crippen molar-refractivity contribution in [1.82, 2.24) is 0 Å². The van der Waals surface area contributed by atoms with Crippen LogP contribution in [0.4, 0.5) is 22.7 Å². The second-order valence-corrected chi connectivity index (χ2v) is 5.56. The van der Waals surface area contributed by atoms with Crippen LogP contribution in [0.15, 0.2) is 73.8 Å². The molecule has 0 aliphatic carbocycles. The SMILES string of the molecule is C=CCN(C)c1ccc(Nc2ccc(N(C)CC=C)cc2)cc1. The van der Waals surface area contributed by atoms with Crippen LogP contribution in [0.3, 0.4) is 0 Å². The third-order valence-corrected chi connectivity index (χ3v) is 3.71. The normalized spacial score (nSPS) is 10.0. The average Bonchev–Trinajstić information content (AvgIpc) is 2.56. The summed E-state index contributed by atoms with van der Waals surface area (Å²) in [6.07, 6.45) is 3.80. The van der Waals surface area contributed by atoms with E-state index in [1.165, 1.54) is 11.4 Å². The van der Waals surface area contributed by atoms with E-state index in [0.717, 1.165) is 24.5 Å². The molecule has 0 fully saturated rings. The minimum absolute atomic E-state index is 0.840. The number of nitrogens with one attached hydrogen (secondary N) is 1. The lowest BCUT2D eigenvalue weighted by Crippen LogP contribution is -2.16. The molecule has 0 amide bonds. The molecular weight excluding hydrogens is 282 g/mol. The molecule has 0 saturated carbocycles. The highest BCUT2D eigenvalue weighted by atomic mass is 15.1. The predicted octanol–water partition coefficient (Wildman–Crippen LogP) is 4.67. The molecule has 0 aliphatic rings. The Labute approximate surface area is 139 Å². The zero-order valence-corrected chi connectivity index (χ0v) is 14.0. The number of likely N-dealkylation sites (N-methyl/N-ethyl adjacent to an activating group) is 2. The monoisotopic (exact) mass is 307 g/mol. The zero-order valence-electron chi connectivity index (χ0n) is 14.0. The minimum atomic E-state index is 0.840. The third kappa shape index (κ3) is 4.65. The van der Waals surface area contributed by atoms with Gasteiger partial charge in [-0.3, -0.25) is 0 Å². The number of hydrogen-bond acceptors (Lipinski definition) is 3. The van der Waals surface area contributed by atoms with Crippen LogP contribution in [-0.2, 0) is 0 Å². The molecule has 23 heavy (non-hydrogen) atoms. The molecule has 0 atom stereocenters. The van der Waals surface area contributed by atoms with E-state index in [1.807, 2.05) is 12.2 Å². The number of nitrogens with zero attached hydrogens (tertiary/aromatic N) is 2. The molecule has 0 saturated heterocycles. The van der Waals surface area contributed by atoms with Gasteiger partial charge in [-0.25, -0.2) is 0 Å². The summed E-state index contributed by atoms with van der Waals surface area (Å²) in [7, 11) is 4.12. The first-order valence-corrected chi connectivity index (χ1v) is 7.75.